The molecule has 0 spiro atoms. The van der Waals surface area contributed by atoms with Gasteiger partial charge in [-0.1, -0.05) is 0 Å². The van der Waals surface area contributed by atoms with E-state index >= 15 is 0 Å². The molecule has 0 amide bonds. The SMILES string of the molecule is CCCC[C](CCCC)=[Zr+2]([C]1=CC=CC1)[CH]1c2cc3c(cc2-c2cc4c(cc21)C(C)(C)C=C4C)C(C)=CC3(C)C.[Cl-].[Cl-]. The van der Waals surface area contributed by atoms with Gasteiger partial charge in [0.25, 0.3) is 0 Å². The smallest absolute Gasteiger partial charge is 1.00 e. The molecule has 0 radical (unpaired) electrons. The minimum absolute atomic E-state index is 0. The van der Waals surface area contributed by atoms with E-state index in [1.807, 2.05) is 6.49 Å². The van der Waals surface area contributed by atoms with E-state index in [1.54, 1.807) is 33.4 Å². The second-order valence-electron chi connectivity index (χ2n) is 14.0. The zero-order chi connectivity index (χ0) is 28.4. The van der Waals surface area contributed by atoms with Gasteiger partial charge in [0.15, 0.2) is 0 Å². The number of hydrogen-bond donors (Lipinski definition) is 0. The van der Waals surface area contributed by atoms with Crippen LogP contribution in [0.25, 0.3) is 22.3 Å². The predicted molar refractivity (Wildman–Crippen MR) is 173 cm³/mol. The van der Waals surface area contributed by atoms with Crippen molar-refractivity contribution in [2.24, 2.45) is 0 Å². The Morgan fingerprint density at radius 3 is 1.62 bits per heavy atom. The van der Waals surface area contributed by atoms with Crippen molar-refractivity contribution in [1.82, 2.24) is 0 Å². The Kier molecular flexibility index (Phi) is 10.1. The van der Waals surface area contributed by atoms with Gasteiger partial charge < -0.3 is 24.8 Å². The maximum atomic E-state index is 2.70. The molecule has 6 rings (SSSR count). The van der Waals surface area contributed by atoms with Gasteiger partial charge in [-0.05, 0) is 0 Å². The first kappa shape index (κ1) is 33.6. The fourth-order valence-electron chi connectivity index (χ4n) is 8.21. The number of hydrogen-bond acceptors (Lipinski definition) is 0. The summed E-state index contributed by atoms with van der Waals surface area (Å²) in [7, 11) is 0. The summed E-state index contributed by atoms with van der Waals surface area (Å²) in [4.78, 5) is 0. The first-order chi connectivity index (χ1) is 19.1. The first-order valence-electron chi connectivity index (χ1n) is 15.9. The van der Waals surface area contributed by atoms with Gasteiger partial charge in [-0.25, -0.2) is 0 Å². The van der Waals surface area contributed by atoms with Crippen LogP contribution >= 0.6 is 0 Å². The van der Waals surface area contributed by atoms with E-state index in [0.717, 1.165) is 0 Å². The molecule has 0 fully saturated rings. The Labute approximate surface area is 275 Å². The number of fused-ring (bicyclic) bond motifs is 5. The molecule has 0 aliphatic heterocycles. The van der Waals surface area contributed by atoms with Gasteiger partial charge in [0, 0.05) is 0 Å². The number of halogens is 2. The molecule has 4 aliphatic carbocycles. The van der Waals surface area contributed by atoms with E-state index in [1.165, 1.54) is 67.2 Å². The summed E-state index contributed by atoms with van der Waals surface area (Å²) >= 11 is -2.29. The molecule has 3 heteroatoms. The van der Waals surface area contributed by atoms with Gasteiger partial charge in [-0.2, -0.15) is 0 Å². The summed E-state index contributed by atoms with van der Waals surface area (Å²) in [6, 6.07) is 10.6. The fraction of sp³-hybridized carbons (Fsp3) is 0.462. The monoisotopic (exact) mass is 676 g/mol. The molecule has 0 nitrogen and oxygen atoms in total. The number of allylic oxidation sites excluding steroid dienone is 8. The van der Waals surface area contributed by atoms with E-state index in [2.05, 4.69) is 110 Å². The fourth-order valence-corrected chi connectivity index (χ4v) is 17.6. The zero-order valence-corrected chi connectivity index (χ0v) is 30.9. The van der Waals surface area contributed by atoms with Gasteiger partial charge in [0.1, 0.15) is 0 Å². The summed E-state index contributed by atoms with van der Waals surface area (Å²) < 4.78 is 4.41. The molecular formula is C39H48Cl2Zr. The average molecular weight is 679 g/mol. The third kappa shape index (κ3) is 5.54. The van der Waals surface area contributed by atoms with E-state index in [4.69, 9.17) is 0 Å². The summed E-state index contributed by atoms with van der Waals surface area (Å²) in [5.74, 6) is 0. The van der Waals surface area contributed by atoms with Crippen LogP contribution in [-0.4, -0.2) is 3.21 Å². The Morgan fingerprint density at radius 2 is 1.21 bits per heavy atom. The second-order valence-corrected chi connectivity index (χ2v) is 20.8. The van der Waals surface area contributed by atoms with E-state index < -0.39 is 21.3 Å². The van der Waals surface area contributed by atoms with Gasteiger partial charge in [-0.3, -0.25) is 0 Å². The Bertz CT molecular complexity index is 1460. The van der Waals surface area contributed by atoms with E-state index in [0.29, 0.717) is 3.63 Å². The van der Waals surface area contributed by atoms with E-state index in [-0.39, 0.29) is 35.6 Å². The van der Waals surface area contributed by atoms with Crippen LogP contribution in [0.5, 0.6) is 0 Å². The molecule has 4 aliphatic rings. The Morgan fingerprint density at radius 1 is 0.738 bits per heavy atom. The van der Waals surface area contributed by atoms with Crippen molar-refractivity contribution in [2.45, 2.75) is 115 Å². The standard InChI is InChI=1S/C25H25.C9H18.C5H5.2ClH.Zr/c1-14-12-24(3,4)22-8-16-7-17-9-23-19(15(2)13-25(23,5)6)11-21(17)20(16)10-18(14)22;1-3-5-7-9-8-6-4-2;1-2-4-5-3-1;;;/h7-13H,1-6H3;3-8H2,1-2H3;1-3H,4H2;2*1H;/q;;;;;+2/p-2. The molecule has 0 bridgehead atoms. The van der Waals surface area contributed by atoms with Crippen molar-refractivity contribution in [3.8, 4) is 11.1 Å². The molecule has 42 heavy (non-hydrogen) atoms. The number of unbranched alkanes of at least 4 members (excludes halogenated alkanes) is 2. The van der Waals surface area contributed by atoms with Crippen LogP contribution in [0.2, 0.25) is 0 Å². The summed E-state index contributed by atoms with van der Waals surface area (Å²) in [6.45, 7) is 19.1. The first-order valence-corrected chi connectivity index (χ1v) is 19.8. The van der Waals surface area contributed by atoms with Crippen molar-refractivity contribution < 1.29 is 46.1 Å². The van der Waals surface area contributed by atoms with Crippen LogP contribution in [-0.2, 0) is 32.1 Å². The average Bonchev–Trinajstić information content (AvgIpc) is 3.64. The molecular weight excluding hydrogens is 631 g/mol. The zero-order valence-electron chi connectivity index (χ0n) is 27.0. The quantitative estimate of drug-likeness (QED) is 0.362. The van der Waals surface area contributed by atoms with Crippen molar-refractivity contribution in [1.29, 1.82) is 0 Å². The second kappa shape index (κ2) is 12.6. The van der Waals surface area contributed by atoms with Crippen molar-refractivity contribution >= 4 is 14.4 Å². The third-order valence-electron chi connectivity index (χ3n) is 10.1. The van der Waals surface area contributed by atoms with Crippen molar-refractivity contribution in [3.05, 3.63) is 91.3 Å². The molecule has 0 saturated carbocycles. The minimum Gasteiger partial charge on any atom is -1.00 e. The van der Waals surface area contributed by atoms with Crippen molar-refractivity contribution in [2.75, 3.05) is 0 Å². The van der Waals surface area contributed by atoms with Crippen LogP contribution in [0.4, 0.5) is 0 Å². The van der Waals surface area contributed by atoms with Gasteiger partial charge in [-0.15, -0.1) is 0 Å². The van der Waals surface area contributed by atoms with Gasteiger partial charge in [0.2, 0.25) is 0 Å². The normalized spacial score (nSPS) is 18.0. The molecule has 0 heterocycles. The molecule has 0 N–H and O–H groups in total. The predicted octanol–water partition coefficient (Wildman–Crippen LogP) is 5.17. The Balaban J connectivity index is 0.00000202. The summed E-state index contributed by atoms with van der Waals surface area (Å²) in [5.41, 5.74) is 15.6. The van der Waals surface area contributed by atoms with Crippen LogP contribution in [0.3, 0.4) is 0 Å². The van der Waals surface area contributed by atoms with Crippen LogP contribution in [0.15, 0.2) is 57.9 Å². The topological polar surface area (TPSA) is 0 Å². The van der Waals surface area contributed by atoms with Crippen LogP contribution in [0, 0.1) is 0 Å². The van der Waals surface area contributed by atoms with E-state index in [9.17, 15) is 0 Å². The third-order valence-corrected chi connectivity index (χ3v) is 18.8. The maximum Gasteiger partial charge on any atom is -1.00 e. The number of rotatable bonds is 8. The summed E-state index contributed by atoms with van der Waals surface area (Å²) in [5, 5.41) is 0. The largest absolute Gasteiger partial charge is 1.00 e. The van der Waals surface area contributed by atoms with Crippen LogP contribution in [0.1, 0.15) is 137 Å². The molecule has 222 valence electrons. The molecule has 0 saturated heterocycles. The minimum atomic E-state index is -2.29. The van der Waals surface area contributed by atoms with Crippen molar-refractivity contribution in [3.63, 3.8) is 0 Å². The molecule has 0 unspecified atom stereocenters. The number of benzene rings is 2. The van der Waals surface area contributed by atoms with Gasteiger partial charge >= 0.3 is 253 Å². The Hall–Kier alpha value is -1.27. The van der Waals surface area contributed by atoms with Gasteiger partial charge in [0.05, 0.1) is 0 Å². The molecule has 0 atom stereocenters. The van der Waals surface area contributed by atoms with Crippen LogP contribution < -0.4 is 24.8 Å². The maximum absolute atomic E-state index is 2.70. The molecule has 2 aromatic carbocycles. The summed E-state index contributed by atoms with van der Waals surface area (Å²) in [6.07, 6.45) is 21.5. The molecule has 2 aromatic rings. The molecule has 0 aromatic heterocycles.